The summed E-state index contributed by atoms with van der Waals surface area (Å²) in [6.07, 6.45) is 0.155. The van der Waals surface area contributed by atoms with Crippen LogP contribution in [-0.2, 0) is 4.79 Å². The lowest BCUT2D eigenvalue weighted by atomic mass is 9.88. The number of non-ortho nitro benzene ring substituents is 1. The van der Waals surface area contributed by atoms with Gasteiger partial charge in [-0.15, -0.1) is 0 Å². The fourth-order valence-corrected chi connectivity index (χ4v) is 3.24. The molecule has 7 nitrogen and oxygen atoms in total. The Morgan fingerprint density at radius 2 is 1.63 bits per heavy atom. The van der Waals surface area contributed by atoms with Crippen LogP contribution in [0.1, 0.15) is 23.5 Å². The zero-order valence-electron chi connectivity index (χ0n) is 16.7. The maximum Gasteiger partial charge on any atom is 0.271 e. The number of nitro groups is 1. The maximum atomic E-state index is 12.9. The second-order valence-corrected chi connectivity index (χ2v) is 6.63. The second kappa shape index (κ2) is 9.56. The fourth-order valence-electron chi connectivity index (χ4n) is 3.24. The van der Waals surface area contributed by atoms with Crippen LogP contribution in [0.15, 0.2) is 72.8 Å². The van der Waals surface area contributed by atoms with Gasteiger partial charge in [-0.25, -0.2) is 0 Å². The highest BCUT2D eigenvalue weighted by Gasteiger charge is 2.20. The zero-order chi connectivity index (χ0) is 21.5. The van der Waals surface area contributed by atoms with Crippen molar-refractivity contribution >= 4 is 17.3 Å². The molecule has 0 saturated heterocycles. The van der Waals surface area contributed by atoms with E-state index in [0.717, 1.165) is 16.9 Å². The van der Waals surface area contributed by atoms with Gasteiger partial charge in [-0.1, -0.05) is 42.5 Å². The molecule has 3 aromatic rings. The van der Waals surface area contributed by atoms with Crippen molar-refractivity contribution in [3.05, 3.63) is 94.0 Å². The molecule has 0 aliphatic rings. The minimum atomic E-state index is -0.515. The lowest BCUT2D eigenvalue weighted by Crippen LogP contribution is -2.17. The van der Waals surface area contributed by atoms with Crippen LogP contribution >= 0.6 is 0 Å². The van der Waals surface area contributed by atoms with Gasteiger partial charge in [0.15, 0.2) is 0 Å². The van der Waals surface area contributed by atoms with E-state index in [1.807, 2.05) is 54.6 Å². The molecule has 0 saturated carbocycles. The van der Waals surface area contributed by atoms with Crippen LogP contribution in [0.4, 0.5) is 11.4 Å². The van der Waals surface area contributed by atoms with E-state index in [1.54, 1.807) is 7.11 Å². The third-order valence-corrected chi connectivity index (χ3v) is 4.78. The Morgan fingerprint density at radius 1 is 0.967 bits per heavy atom. The van der Waals surface area contributed by atoms with E-state index >= 15 is 0 Å². The van der Waals surface area contributed by atoms with E-state index in [2.05, 4.69) is 5.32 Å². The van der Waals surface area contributed by atoms with E-state index in [1.165, 1.54) is 25.3 Å². The van der Waals surface area contributed by atoms with Crippen molar-refractivity contribution in [3.63, 3.8) is 0 Å². The standard InChI is InChI=1S/C23H22N2O5/c1-29-19-11-8-17(9-12-19)20(16-6-4-3-5-7-16)15-23(26)24-21-14-18(25(27)28)10-13-22(21)30-2/h3-14,20H,15H2,1-2H3,(H,24,26)/t20-/m0/s1. The summed E-state index contributed by atoms with van der Waals surface area (Å²) in [5.41, 5.74) is 2.09. The first-order valence-electron chi connectivity index (χ1n) is 9.33. The lowest BCUT2D eigenvalue weighted by Gasteiger charge is -2.19. The van der Waals surface area contributed by atoms with Gasteiger partial charge in [-0.05, 0) is 29.3 Å². The predicted molar refractivity (Wildman–Crippen MR) is 114 cm³/mol. The molecule has 0 radical (unpaired) electrons. The Bertz CT molecular complexity index is 1020. The van der Waals surface area contributed by atoms with Gasteiger partial charge in [-0.3, -0.25) is 14.9 Å². The summed E-state index contributed by atoms with van der Waals surface area (Å²) in [5.74, 6) is 0.617. The normalized spacial score (nSPS) is 11.4. The highest BCUT2D eigenvalue weighted by Crippen LogP contribution is 2.32. The van der Waals surface area contributed by atoms with E-state index in [-0.39, 0.29) is 29.6 Å². The van der Waals surface area contributed by atoms with Crippen LogP contribution in [0.2, 0.25) is 0 Å². The Balaban J connectivity index is 1.87. The molecule has 1 N–H and O–H groups in total. The van der Waals surface area contributed by atoms with Crippen molar-refractivity contribution in [2.24, 2.45) is 0 Å². The Hall–Kier alpha value is -3.87. The topological polar surface area (TPSA) is 90.7 Å². The molecule has 0 aliphatic heterocycles. The quantitative estimate of drug-likeness (QED) is 0.430. The molecule has 0 unspecified atom stereocenters. The SMILES string of the molecule is COc1ccc([C@@H](CC(=O)Nc2cc([N+](=O)[O-])ccc2OC)c2ccccc2)cc1. The number of rotatable bonds is 8. The molecule has 0 aliphatic carbocycles. The van der Waals surface area contributed by atoms with Gasteiger partial charge in [0.1, 0.15) is 11.5 Å². The highest BCUT2D eigenvalue weighted by molar-refractivity contribution is 5.93. The minimum Gasteiger partial charge on any atom is -0.497 e. The van der Waals surface area contributed by atoms with Crippen molar-refractivity contribution in [3.8, 4) is 11.5 Å². The minimum absolute atomic E-state index is 0.124. The third kappa shape index (κ3) is 4.94. The highest BCUT2D eigenvalue weighted by atomic mass is 16.6. The number of methoxy groups -OCH3 is 2. The van der Waals surface area contributed by atoms with Gasteiger partial charge in [0, 0.05) is 24.5 Å². The van der Waals surface area contributed by atoms with Crippen LogP contribution in [0.3, 0.4) is 0 Å². The fraction of sp³-hybridized carbons (Fsp3) is 0.174. The van der Waals surface area contributed by atoms with Crippen molar-refractivity contribution < 1.29 is 19.2 Å². The number of benzene rings is 3. The van der Waals surface area contributed by atoms with E-state index in [0.29, 0.717) is 5.75 Å². The first kappa shape index (κ1) is 20.9. The molecule has 1 atom stereocenters. The molecule has 0 heterocycles. The molecule has 154 valence electrons. The smallest absolute Gasteiger partial charge is 0.271 e. The third-order valence-electron chi connectivity index (χ3n) is 4.78. The molecule has 1 amide bonds. The predicted octanol–water partition coefficient (Wildman–Crippen LogP) is 4.77. The molecule has 30 heavy (non-hydrogen) atoms. The summed E-state index contributed by atoms with van der Waals surface area (Å²) in [6, 6.07) is 21.4. The Labute approximate surface area is 174 Å². The molecule has 0 spiro atoms. The van der Waals surface area contributed by atoms with Gasteiger partial charge < -0.3 is 14.8 Å². The molecule has 0 fully saturated rings. The Morgan fingerprint density at radius 3 is 2.23 bits per heavy atom. The molecular weight excluding hydrogens is 384 g/mol. The summed E-state index contributed by atoms with van der Waals surface area (Å²) in [6.45, 7) is 0. The number of carbonyl (C=O) groups is 1. The van der Waals surface area contributed by atoms with Gasteiger partial charge in [-0.2, -0.15) is 0 Å². The largest absolute Gasteiger partial charge is 0.497 e. The molecule has 3 aromatic carbocycles. The zero-order valence-corrected chi connectivity index (χ0v) is 16.7. The Kier molecular flexibility index (Phi) is 6.64. The van der Waals surface area contributed by atoms with Crippen LogP contribution in [0.25, 0.3) is 0 Å². The molecule has 7 heteroatoms. The number of hydrogen-bond acceptors (Lipinski definition) is 5. The average Bonchev–Trinajstić information content (AvgIpc) is 2.78. The van der Waals surface area contributed by atoms with Crippen LogP contribution in [0, 0.1) is 10.1 Å². The first-order chi connectivity index (χ1) is 14.5. The van der Waals surface area contributed by atoms with Crippen LogP contribution in [0.5, 0.6) is 11.5 Å². The van der Waals surface area contributed by atoms with Crippen LogP contribution < -0.4 is 14.8 Å². The summed E-state index contributed by atoms with van der Waals surface area (Å²) in [4.78, 5) is 23.4. The first-order valence-corrected chi connectivity index (χ1v) is 9.33. The number of amides is 1. The number of anilines is 1. The van der Waals surface area contributed by atoms with Gasteiger partial charge in [0.25, 0.3) is 5.69 Å². The molecule has 0 aromatic heterocycles. The van der Waals surface area contributed by atoms with E-state index < -0.39 is 4.92 Å². The number of nitrogens with one attached hydrogen (secondary N) is 1. The molecular formula is C23H22N2O5. The van der Waals surface area contributed by atoms with Gasteiger partial charge in [0.05, 0.1) is 24.8 Å². The van der Waals surface area contributed by atoms with Crippen molar-refractivity contribution in [2.75, 3.05) is 19.5 Å². The van der Waals surface area contributed by atoms with Crippen molar-refractivity contribution in [1.29, 1.82) is 0 Å². The molecule has 0 bridgehead atoms. The number of nitrogens with zero attached hydrogens (tertiary/aromatic N) is 1. The number of ether oxygens (including phenoxy) is 2. The lowest BCUT2D eigenvalue weighted by molar-refractivity contribution is -0.384. The number of hydrogen-bond donors (Lipinski definition) is 1. The van der Waals surface area contributed by atoms with Gasteiger partial charge >= 0.3 is 0 Å². The summed E-state index contributed by atoms with van der Waals surface area (Å²) in [7, 11) is 3.05. The molecule has 3 rings (SSSR count). The van der Waals surface area contributed by atoms with Crippen molar-refractivity contribution in [2.45, 2.75) is 12.3 Å². The monoisotopic (exact) mass is 406 g/mol. The average molecular weight is 406 g/mol. The van der Waals surface area contributed by atoms with E-state index in [9.17, 15) is 14.9 Å². The summed E-state index contributed by atoms with van der Waals surface area (Å²) < 4.78 is 10.5. The second-order valence-electron chi connectivity index (χ2n) is 6.63. The van der Waals surface area contributed by atoms with Crippen LogP contribution in [-0.4, -0.2) is 25.1 Å². The summed E-state index contributed by atoms with van der Waals surface area (Å²) >= 11 is 0. The van der Waals surface area contributed by atoms with Gasteiger partial charge in [0.2, 0.25) is 5.91 Å². The number of nitro benzene ring substituents is 1. The summed E-state index contributed by atoms with van der Waals surface area (Å²) in [5, 5.41) is 13.8. The van der Waals surface area contributed by atoms with E-state index in [4.69, 9.17) is 9.47 Å². The number of carbonyl (C=O) groups excluding carboxylic acids is 1. The maximum absolute atomic E-state index is 12.9. The van der Waals surface area contributed by atoms with Crippen molar-refractivity contribution in [1.82, 2.24) is 0 Å².